The van der Waals surface area contributed by atoms with Crippen molar-refractivity contribution in [3.05, 3.63) is 114 Å². The molecule has 38 heavy (non-hydrogen) atoms. The van der Waals surface area contributed by atoms with E-state index in [0.717, 1.165) is 38.6 Å². The highest BCUT2D eigenvalue weighted by Gasteiger charge is 2.20. The van der Waals surface area contributed by atoms with E-state index in [1.165, 1.54) is 20.2 Å². The zero-order valence-electron chi connectivity index (χ0n) is 19.9. The Hall–Kier alpha value is -5.41. The number of para-hydroxylation sites is 1. The summed E-state index contributed by atoms with van der Waals surface area (Å²) in [5.74, 6) is 0. The molecule has 4 nitrogen and oxygen atoms in total. The van der Waals surface area contributed by atoms with Gasteiger partial charge in [0.15, 0.2) is 0 Å². The second-order valence-corrected chi connectivity index (χ2v) is 10.2. The van der Waals surface area contributed by atoms with E-state index in [4.69, 9.17) is 0 Å². The molecule has 2 heterocycles. The first-order chi connectivity index (χ1) is 18.7. The van der Waals surface area contributed by atoms with Crippen LogP contribution in [0.1, 0.15) is 16.7 Å². The molecule has 2 aromatic heterocycles. The van der Waals surface area contributed by atoms with Gasteiger partial charge >= 0.3 is 0 Å². The first-order valence-corrected chi connectivity index (χ1v) is 12.9. The van der Waals surface area contributed by atoms with Crippen LogP contribution < -0.4 is 0 Å². The number of nitrogens with zero attached hydrogens (tertiary/aromatic N) is 4. The Bertz CT molecular complexity index is 2160. The summed E-state index contributed by atoms with van der Waals surface area (Å²) in [5.41, 5.74) is 6.12. The van der Waals surface area contributed by atoms with Gasteiger partial charge in [-0.2, -0.15) is 15.8 Å². The predicted octanol–water partition coefficient (Wildman–Crippen LogP) is 8.43. The first kappa shape index (κ1) is 21.8. The van der Waals surface area contributed by atoms with Crippen molar-refractivity contribution in [2.75, 3.05) is 0 Å². The lowest BCUT2D eigenvalue weighted by molar-refractivity contribution is 1.17. The molecule has 0 saturated carbocycles. The Kier molecular flexibility index (Phi) is 4.78. The molecule has 0 radical (unpaired) electrons. The molecular formula is C33H16N4S. The van der Waals surface area contributed by atoms with Crippen molar-refractivity contribution < 1.29 is 0 Å². The van der Waals surface area contributed by atoms with Crippen LogP contribution in [0.4, 0.5) is 0 Å². The van der Waals surface area contributed by atoms with Gasteiger partial charge in [-0.25, -0.2) is 0 Å². The van der Waals surface area contributed by atoms with Gasteiger partial charge in [0.1, 0.15) is 6.07 Å². The molecule has 0 atom stereocenters. The minimum atomic E-state index is 0.544. The largest absolute Gasteiger partial charge is 0.307 e. The topological polar surface area (TPSA) is 76.3 Å². The molecule has 5 heteroatoms. The summed E-state index contributed by atoms with van der Waals surface area (Å²) in [6.07, 6.45) is 0. The quantitative estimate of drug-likeness (QED) is 0.239. The number of nitriles is 3. The summed E-state index contributed by atoms with van der Waals surface area (Å²) in [6, 6.07) is 38.7. The number of benzene rings is 5. The average Bonchev–Trinajstić information content (AvgIpc) is 3.50. The molecular weight excluding hydrogens is 484 g/mol. The maximum Gasteiger partial charge on any atom is 0.101 e. The lowest BCUT2D eigenvalue weighted by Gasteiger charge is -2.16. The third-order valence-electron chi connectivity index (χ3n) is 7.09. The number of hydrogen-bond acceptors (Lipinski definition) is 4. The molecule has 0 aliphatic carbocycles. The third-order valence-corrected chi connectivity index (χ3v) is 8.24. The fourth-order valence-corrected chi connectivity index (χ4v) is 6.49. The average molecular weight is 501 g/mol. The molecule has 0 aliphatic rings. The number of rotatable bonds is 2. The van der Waals surface area contributed by atoms with E-state index in [1.807, 2.05) is 36.4 Å². The van der Waals surface area contributed by atoms with E-state index >= 15 is 0 Å². The van der Waals surface area contributed by atoms with Gasteiger partial charge in [0.05, 0.1) is 45.5 Å². The zero-order valence-corrected chi connectivity index (χ0v) is 20.8. The van der Waals surface area contributed by atoms with Crippen LogP contribution in [0.3, 0.4) is 0 Å². The summed E-state index contributed by atoms with van der Waals surface area (Å²) < 4.78 is 4.56. The van der Waals surface area contributed by atoms with Gasteiger partial charge in [0, 0.05) is 36.5 Å². The van der Waals surface area contributed by atoms with E-state index in [2.05, 4.69) is 71.3 Å². The molecule has 0 fully saturated rings. The molecule has 0 amide bonds. The van der Waals surface area contributed by atoms with E-state index in [-0.39, 0.29) is 0 Å². The van der Waals surface area contributed by atoms with Crippen LogP contribution in [-0.4, -0.2) is 4.57 Å². The van der Waals surface area contributed by atoms with Gasteiger partial charge in [-0.3, -0.25) is 0 Å². The van der Waals surface area contributed by atoms with Gasteiger partial charge < -0.3 is 4.57 Å². The zero-order chi connectivity index (χ0) is 25.8. The Morgan fingerprint density at radius 3 is 1.92 bits per heavy atom. The van der Waals surface area contributed by atoms with Crippen LogP contribution in [0.5, 0.6) is 0 Å². The monoisotopic (exact) mass is 500 g/mol. The molecule has 5 aromatic carbocycles. The van der Waals surface area contributed by atoms with Gasteiger partial charge in [-0.05, 0) is 66.2 Å². The molecule has 0 unspecified atom stereocenters. The summed E-state index contributed by atoms with van der Waals surface area (Å²) >= 11 is 1.78. The summed E-state index contributed by atoms with van der Waals surface area (Å²) in [4.78, 5) is 0. The van der Waals surface area contributed by atoms with Crippen molar-refractivity contribution in [3.63, 3.8) is 0 Å². The molecule has 0 bridgehead atoms. The number of aromatic nitrogens is 1. The van der Waals surface area contributed by atoms with Crippen molar-refractivity contribution in [3.8, 4) is 35.0 Å². The van der Waals surface area contributed by atoms with Crippen molar-refractivity contribution in [1.82, 2.24) is 4.57 Å². The van der Waals surface area contributed by atoms with Gasteiger partial charge in [-0.15, -0.1) is 11.3 Å². The molecule has 0 spiro atoms. The minimum Gasteiger partial charge on any atom is -0.307 e. The van der Waals surface area contributed by atoms with Crippen molar-refractivity contribution >= 4 is 53.3 Å². The van der Waals surface area contributed by atoms with Crippen molar-refractivity contribution in [1.29, 1.82) is 15.8 Å². The van der Waals surface area contributed by atoms with Crippen LogP contribution in [0.2, 0.25) is 0 Å². The van der Waals surface area contributed by atoms with Crippen LogP contribution in [0.25, 0.3) is 58.8 Å². The van der Waals surface area contributed by atoms with Gasteiger partial charge in [0.2, 0.25) is 0 Å². The number of hydrogen-bond donors (Lipinski definition) is 0. The molecule has 7 aromatic rings. The predicted molar refractivity (Wildman–Crippen MR) is 153 cm³/mol. The van der Waals surface area contributed by atoms with E-state index in [1.54, 1.807) is 23.5 Å². The molecule has 174 valence electrons. The highest BCUT2D eigenvalue weighted by molar-refractivity contribution is 7.25. The first-order valence-electron chi connectivity index (χ1n) is 12.0. The van der Waals surface area contributed by atoms with Gasteiger partial charge in [0.25, 0.3) is 0 Å². The Morgan fingerprint density at radius 2 is 1.24 bits per heavy atom. The molecule has 0 aliphatic heterocycles. The Morgan fingerprint density at radius 1 is 0.553 bits per heavy atom. The van der Waals surface area contributed by atoms with E-state index in [0.29, 0.717) is 16.7 Å². The standard InChI is InChI=1S/C33H16N4S/c34-17-20-8-11-29-26(14-20)27-15-21(18-35)9-12-30(27)37(29)33-23(19-36)4-3-6-24(33)22-10-13-32-28(16-22)25-5-1-2-7-31(25)38-32/h1-16H. The van der Waals surface area contributed by atoms with Crippen molar-refractivity contribution in [2.24, 2.45) is 0 Å². The molecule has 7 rings (SSSR count). The van der Waals surface area contributed by atoms with Gasteiger partial charge in [-0.1, -0.05) is 36.4 Å². The molecule has 0 saturated heterocycles. The second-order valence-electron chi connectivity index (χ2n) is 9.15. The normalized spacial score (nSPS) is 11.1. The summed E-state index contributed by atoms with van der Waals surface area (Å²) in [5, 5.41) is 33.5. The Balaban J connectivity index is 1.60. The maximum atomic E-state index is 10.2. The summed E-state index contributed by atoms with van der Waals surface area (Å²) in [6.45, 7) is 0. The minimum absolute atomic E-state index is 0.544. The Labute approximate surface area is 222 Å². The SMILES string of the molecule is N#Cc1ccc2c(c1)c1cc(C#N)ccc1n2-c1c(C#N)cccc1-c1ccc2sc3ccccc3c2c1. The lowest BCUT2D eigenvalue weighted by atomic mass is 9.98. The summed E-state index contributed by atoms with van der Waals surface area (Å²) in [7, 11) is 0. The number of thiophene rings is 1. The van der Waals surface area contributed by atoms with Crippen LogP contribution in [-0.2, 0) is 0 Å². The van der Waals surface area contributed by atoms with E-state index < -0.39 is 0 Å². The highest BCUT2D eigenvalue weighted by Crippen LogP contribution is 2.41. The smallest absolute Gasteiger partial charge is 0.101 e. The van der Waals surface area contributed by atoms with Crippen LogP contribution in [0, 0.1) is 34.0 Å². The van der Waals surface area contributed by atoms with Crippen LogP contribution in [0.15, 0.2) is 97.1 Å². The maximum absolute atomic E-state index is 10.2. The van der Waals surface area contributed by atoms with Crippen molar-refractivity contribution in [2.45, 2.75) is 0 Å². The highest BCUT2D eigenvalue weighted by atomic mass is 32.1. The number of fused-ring (bicyclic) bond motifs is 6. The molecule has 0 N–H and O–H groups in total. The third kappa shape index (κ3) is 3.12. The fourth-order valence-electron chi connectivity index (χ4n) is 5.40. The fraction of sp³-hybridized carbons (Fsp3) is 0. The van der Waals surface area contributed by atoms with E-state index in [9.17, 15) is 15.8 Å². The second kappa shape index (κ2) is 8.32. The lowest BCUT2D eigenvalue weighted by Crippen LogP contribution is -2.01. The van der Waals surface area contributed by atoms with Crippen LogP contribution >= 0.6 is 11.3 Å².